The van der Waals surface area contributed by atoms with Crippen LogP contribution in [0.4, 0.5) is 0 Å². The Morgan fingerprint density at radius 1 is 1.73 bits per heavy atom. The molecule has 4 nitrogen and oxygen atoms in total. The molecule has 1 aliphatic rings. The topological polar surface area (TPSA) is 66.6 Å². The van der Waals surface area contributed by atoms with Gasteiger partial charge in [0.05, 0.1) is 6.54 Å². The Morgan fingerprint density at radius 3 is 2.91 bits per heavy atom. The molecule has 0 bridgehead atoms. The van der Waals surface area contributed by atoms with E-state index in [1.54, 1.807) is 0 Å². The molecule has 0 amide bonds. The van der Waals surface area contributed by atoms with Gasteiger partial charge in [-0.3, -0.25) is 9.69 Å². The number of hydrogen-bond donors (Lipinski definition) is 2. The zero-order valence-electron chi connectivity index (χ0n) is 6.49. The quantitative estimate of drug-likeness (QED) is 0.573. The van der Waals surface area contributed by atoms with Crippen molar-refractivity contribution in [3.8, 4) is 0 Å². The maximum absolute atomic E-state index is 10.3. The number of hydrogen-bond acceptors (Lipinski definition) is 3. The molecule has 0 aliphatic carbocycles. The average molecular weight is 158 g/mol. The lowest BCUT2D eigenvalue weighted by Crippen LogP contribution is -2.28. The second kappa shape index (κ2) is 3.69. The van der Waals surface area contributed by atoms with E-state index in [1.165, 1.54) is 0 Å². The van der Waals surface area contributed by atoms with Gasteiger partial charge in [-0.2, -0.15) is 0 Å². The van der Waals surface area contributed by atoms with E-state index in [-0.39, 0.29) is 6.54 Å². The van der Waals surface area contributed by atoms with Crippen LogP contribution in [0.5, 0.6) is 0 Å². The highest BCUT2D eigenvalue weighted by Gasteiger charge is 2.22. The number of likely N-dealkylation sites (tertiary alicyclic amines) is 1. The number of rotatable bonds is 3. The fourth-order valence-electron chi connectivity index (χ4n) is 1.44. The van der Waals surface area contributed by atoms with Crippen molar-refractivity contribution in [1.82, 2.24) is 4.90 Å². The van der Waals surface area contributed by atoms with Gasteiger partial charge in [0, 0.05) is 6.54 Å². The van der Waals surface area contributed by atoms with E-state index in [2.05, 4.69) is 0 Å². The number of carboxylic acid groups (broad SMARTS) is 1. The normalized spacial score (nSPS) is 25.7. The van der Waals surface area contributed by atoms with Crippen molar-refractivity contribution in [1.29, 1.82) is 0 Å². The summed E-state index contributed by atoms with van der Waals surface area (Å²) in [7, 11) is 0. The molecule has 0 spiro atoms. The van der Waals surface area contributed by atoms with Crippen LogP contribution in [0, 0.1) is 5.92 Å². The van der Waals surface area contributed by atoms with Gasteiger partial charge in [0.2, 0.25) is 0 Å². The van der Waals surface area contributed by atoms with E-state index in [0.717, 1.165) is 19.5 Å². The molecule has 1 atom stereocenters. The van der Waals surface area contributed by atoms with E-state index >= 15 is 0 Å². The minimum Gasteiger partial charge on any atom is -0.480 e. The fourth-order valence-corrected chi connectivity index (χ4v) is 1.44. The third-order valence-electron chi connectivity index (χ3n) is 2.06. The molecule has 1 unspecified atom stereocenters. The van der Waals surface area contributed by atoms with Crippen molar-refractivity contribution in [2.75, 3.05) is 26.2 Å². The zero-order valence-corrected chi connectivity index (χ0v) is 6.49. The summed E-state index contributed by atoms with van der Waals surface area (Å²) in [6.45, 7) is 2.57. The maximum Gasteiger partial charge on any atom is 0.317 e. The Hall–Kier alpha value is -0.610. The van der Waals surface area contributed by atoms with Crippen molar-refractivity contribution in [2.24, 2.45) is 11.7 Å². The first kappa shape index (κ1) is 8.49. The minimum atomic E-state index is -0.748. The van der Waals surface area contributed by atoms with Crippen LogP contribution in [-0.4, -0.2) is 42.2 Å². The summed E-state index contributed by atoms with van der Waals surface area (Å²) >= 11 is 0. The van der Waals surface area contributed by atoms with Gasteiger partial charge in [-0.1, -0.05) is 0 Å². The zero-order chi connectivity index (χ0) is 8.27. The molecular weight excluding hydrogens is 144 g/mol. The van der Waals surface area contributed by atoms with Gasteiger partial charge < -0.3 is 10.8 Å². The first-order chi connectivity index (χ1) is 5.22. The molecule has 0 aromatic rings. The first-order valence-corrected chi connectivity index (χ1v) is 3.86. The Labute approximate surface area is 66.0 Å². The van der Waals surface area contributed by atoms with E-state index in [1.807, 2.05) is 4.90 Å². The predicted molar refractivity (Wildman–Crippen MR) is 41.2 cm³/mol. The largest absolute Gasteiger partial charge is 0.480 e. The van der Waals surface area contributed by atoms with Crippen LogP contribution in [-0.2, 0) is 4.79 Å². The molecular formula is C7H14N2O2. The third-order valence-corrected chi connectivity index (χ3v) is 2.06. The summed E-state index contributed by atoms with van der Waals surface area (Å²) in [5.41, 5.74) is 5.45. The SMILES string of the molecule is NCC1CCN(CC(=O)O)C1. The standard InChI is InChI=1S/C7H14N2O2/c8-3-6-1-2-9(4-6)5-7(10)11/h6H,1-5,8H2,(H,10,11). The number of carbonyl (C=O) groups is 1. The highest BCUT2D eigenvalue weighted by Crippen LogP contribution is 2.13. The highest BCUT2D eigenvalue weighted by molar-refractivity contribution is 5.69. The highest BCUT2D eigenvalue weighted by atomic mass is 16.4. The molecule has 1 fully saturated rings. The molecule has 11 heavy (non-hydrogen) atoms. The lowest BCUT2D eigenvalue weighted by molar-refractivity contribution is -0.138. The van der Waals surface area contributed by atoms with Gasteiger partial charge in [0.25, 0.3) is 0 Å². The molecule has 1 aliphatic heterocycles. The van der Waals surface area contributed by atoms with E-state index < -0.39 is 5.97 Å². The van der Waals surface area contributed by atoms with Crippen molar-refractivity contribution in [3.05, 3.63) is 0 Å². The van der Waals surface area contributed by atoms with Crippen LogP contribution in [0.1, 0.15) is 6.42 Å². The summed E-state index contributed by atoms with van der Waals surface area (Å²) in [6.07, 6.45) is 1.05. The van der Waals surface area contributed by atoms with Crippen LogP contribution < -0.4 is 5.73 Å². The monoisotopic (exact) mass is 158 g/mol. The Balaban J connectivity index is 2.24. The van der Waals surface area contributed by atoms with Gasteiger partial charge in [-0.25, -0.2) is 0 Å². The van der Waals surface area contributed by atoms with Crippen molar-refractivity contribution >= 4 is 5.97 Å². The summed E-state index contributed by atoms with van der Waals surface area (Å²) in [5, 5.41) is 8.46. The maximum atomic E-state index is 10.3. The molecule has 0 aromatic heterocycles. The lowest BCUT2D eigenvalue weighted by Gasteiger charge is -2.11. The van der Waals surface area contributed by atoms with Crippen molar-refractivity contribution in [3.63, 3.8) is 0 Å². The molecule has 1 heterocycles. The Morgan fingerprint density at radius 2 is 2.45 bits per heavy atom. The Kier molecular flexibility index (Phi) is 2.84. The average Bonchev–Trinajstić information content (AvgIpc) is 2.34. The second-order valence-corrected chi connectivity index (χ2v) is 3.02. The summed E-state index contributed by atoms with van der Waals surface area (Å²) in [6, 6.07) is 0. The van der Waals surface area contributed by atoms with Gasteiger partial charge in [-0.15, -0.1) is 0 Å². The molecule has 3 N–H and O–H groups in total. The van der Waals surface area contributed by atoms with Crippen molar-refractivity contribution in [2.45, 2.75) is 6.42 Å². The van der Waals surface area contributed by atoms with Gasteiger partial charge in [0.1, 0.15) is 0 Å². The smallest absolute Gasteiger partial charge is 0.317 e. The van der Waals surface area contributed by atoms with Crippen LogP contribution >= 0.6 is 0 Å². The molecule has 1 rings (SSSR count). The molecule has 0 radical (unpaired) electrons. The molecule has 1 saturated heterocycles. The molecule has 64 valence electrons. The summed E-state index contributed by atoms with van der Waals surface area (Å²) in [5.74, 6) is -0.239. The molecule has 4 heteroatoms. The van der Waals surface area contributed by atoms with Crippen LogP contribution in [0.3, 0.4) is 0 Å². The number of nitrogens with two attached hydrogens (primary N) is 1. The van der Waals surface area contributed by atoms with Gasteiger partial charge in [0.15, 0.2) is 0 Å². The van der Waals surface area contributed by atoms with E-state index in [9.17, 15) is 4.79 Å². The fraction of sp³-hybridized carbons (Fsp3) is 0.857. The van der Waals surface area contributed by atoms with Crippen LogP contribution in [0.15, 0.2) is 0 Å². The third kappa shape index (κ3) is 2.48. The summed E-state index contributed by atoms with van der Waals surface area (Å²) in [4.78, 5) is 12.2. The number of nitrogens with zero attached hydrogens (tertiary/aromatic N) is 1. The summed E-state index contributed by atoms with van der Waals surface area (Å²) < 4.78 is 0. The number of carboxylic acids is 1. The Bertz CT molecular complexity index is 149. The van der Waals surface area contributed by atoms with E-state index in [4.69, 9.17) is 10.8 Å². The number of aliphatic carboxylic acids is 1. The van der Waals surface area contributed by atoms with Crippen LogP contribution in [0.25, 0.3) is 0 Å². The minimum absolute atomic E-state index is 0.163. The lowest BCUT2D eigenvalue weighted by atomic mass is 10.1. The second-order valence-electron chi connectivity index (χ2n) is 3.02. The van der Waals surface area contributed by atoms with E-state index in [0.29, 0.717) is 12.5 Å². The van der Waals surface area contributed by atoms with Crippen LogP contribution in [0.2, 0.25) is 0 Å². The first-order valence-electron chi connectivity index (χ1n) is 3.86. The van der Waals surface area contributed by atoms with Gasteiger partial charge >= 0.3 is 5.97 Å². The molecule has 0 aromatic carbocycles. The van der Waals surface area contributed by atoms with Gasteiger partial charge in [-0.05, 0) is 25.4 Å². The van der Waals surface area contributed by atoms with Crippen molar-refractivity contribution < 1.29 is 9.90 Å². The predicted octanol–water partition coefficient (Wildman–Crippen LogP) is -0.648. The molecule has 0 saturated carbocycles.